The van der Waals surface area contributed by atoms with E-state index in [1.807, 2.05) is 61.5 Å². The van der Waals surface area contributed by atoms with Crippen molar-refractivity contribution in [1.82, 2.24) is 4.31 Å². The smallest absolute Gasteiger partial charge is 0.207 e. The maximum Gasteiger partial charge on any atom is 0.243 e. The van der Waals surface area contributed by atoms with E-state index >= 15 is 0 Å². The number of sulfonamides is 1. The van der Waals surface area contributed by atoms with Crippen LogP contribution in [0.5, 0.6) is 0 Å². The molecule has 5 heteroatoms. The van der Waals surface area contributed by atoms with E-state index < -0.39 is 10.0 Å². The van der Waals surface area contributed by atoms with Gasteiger partial charge >= 0.3 is 0 Å². The van der Waals surface area contributed by atoms with Crippen molar-refractivity contribution in [3.63, 3.8) is 0 Å². The number of benzene rings is 2. The zero-order chi connectivity index (χ0) is 19.7. The predicted molar refractivity (Wildman–Crippen MR) is 115 cm³/mol. The highest BCUT2D eigenvalue weighted by Crippen LogP contribution is 2.39. The van der Waals surface area contributed by atoms with Gasteiger partial charge in [0.2, 0.25) is 10.0 Å². The molecule has 0 radical (unpaired) electrons. The summed E-state index contributed by atoms with van der Waals surface area (Å²) in [5.74, 6) is 0. The zero-order valence-electron chi connectivity index (χ0n) is 16.0. The SMILES string of the molecule is Cc1ccc(S(=O)(=O)N2CC(C)(C)C[C@@H](Br)[C@@H]2/C=C/c2ccccc2)cc1. The molecule has 144 valence electrons. The van der Waals surface area contributed by atoms with Crippen LogP contribution in [0.2, 0.25) is 0 Å². The van der Waals surface area contributed by atoms with Crippen LogP contribution in [-0.2, 0) is 10.0 Å². The first-order valence-corrected chi connectivity index (χ1v) is 11.5. The van der Waals surface area contributed by atoms with Crippen molar-refractivity contribution in [2.75, 3.05) is 6.54 Å². The van der Waals surface area contributed by atoms with Gasteiger partial charge in [0.25, 0.3) is 0 Å². The van der Waals surface area contributed by atoms with Crippen molar-refractivity contribution in [3.05, 3.63) is 71.8 Å². The number of halogens is 1. The number of hydrogen-bond acceptors (Lipinski definition) is 2. The van der Waals surface area contributed by atoms with E-state index in [1.165, 1.54) is 0 Å². The molecule has 1 saturated heterocycles. The Morgan fingerprint density at radius 2 is 1.70 bits per heavy atom. The lowest BCUT2D eigenvalue weighted by atomic mass is 9.82. The zero-order valence-corrected chi connectivity index (χ0v) is 18.4. The van der Waals surface area contributed by atoms with Crippen LogP contribution in [0.1, 0.15) is 31.4 Å². The lowest BCUT2D eigenvalue weighted by Gasteiger charge is -2.44. The predicted octanol–water partition coefficient (Wildman–Crippen LogP) is 5.26. The summed E-state index contributed by atoms with van der Waals surface area (Å²) < 4.78 is 28.5. The van der Waals surface area contributed by atoms with Gasteiger partial charge in [-0.25, -0.2) is 8.42 Å². The van der Waals surface area contributed by atoms with Crippen molar-refractivity contribution >= 4 is 32.0 Å². The van der Waals surface area contributed by atoms with Gasteiger partial charge in [0.15, 0.2) is 0 Å². The fourth-order valence-electron chi connectivity index (χ4n) is 3.50. The third-order valence-electron chi connectivity index (χ3n) is 4.95. The summed E-state index contributed by atoms with van der Waals surface area (Å²) in [5.41, 5.74) is 2.02. The van der Waals surface area contributed by atoms with Crippen LogP contribution in [0.25, 0.3) is 6.08 Å². The molecule has 0 amide bonds. The number of piperidine rings is 1. The standard InChI is InChI=1S/C22H26BrNO2S/c1-17-9-12-19(13-10-17)27(25,26)24-16-22(2,3)15-20(23)21(24)14-11-18-7-5-4-6-8-18/h4-14,20-21H,15-16H2,1-3H3/b14-11+/t20-,21+/m1/s1. The molecule has 27 heavy (non-hydrogen) atoms. The van der Waals surface area contributed by atoms with E-state index in [4.69, 9.17) is 0 Å². The van der Waals surface area contributed by atoms with Crippen LogP contribution >= 0.6 is 15.9 Å². The van der Waals surface area contributed by atoms with Crippen molar-refractivity contribution in [2.45, 2.75) is 43.0 Å². The number of aryl methyl sites for hydroxylation is 1. The first-order valence-electron chi connectivity index (χ1n) is 9.15. The van der Waals surface area contributed by atoms with Crippen LogP contribution < -0.4 is 0 Å². The second kappa shape index (κ2) is 7.90. The van der Waals surface area contributed by atoms with E-state index in [0.717, 1.165) is 17.5 Å². The highest BCUT2D eigenvalue weighted by molar-refractivity contribution is 9.09. The Bertz CT molecular complexity index is 905. The van der Waals surface area contributed by atoms with E-state index in [0.29, 0.717) is 11.4 Å². The fraction of sp³-hybridized carbons (Fsp3) is 0.364. The van der Waals surface area contributed by atoms with Gasteiger partial charge in [-0.05, 0) is 36.5 Å². The second-order valence-electron chi connectivity index (χ2n) is 8.01. The largest absolute Gasteiger partial charge is 0.243 e. The van der Waals surface area contributed by atoms with Crippen molar-refractivity contribution in [3.8, 4) is 0 Å². The Morgan fingerprint density at radius 1 is 1.07 bits per heavy atom. The van der Waals surface area contributed by atoms with Gasteiger partial charge in [0.05, 0.1) is 10.9 Å². The van der Waals surface area contributed by atoms with Crippen LogP contribution in [0.15, 0.2) is 65.6 Å². The molecule has 0 saturated carbocycles. The van der Waals surface area contributed by atoms with E-state index in [2.05, 4.69) is 29.8 Å². The molecule has 1 aliphatic rings. The molecule has 0 bridgehead atoms. The third kappa shape index (κ3) is 4.71. The quantitative estimate of drug-likeness (QED) is 0.599. The molecule has 0 unspecified atom stereocenters. The van der Waals surface area contributed by atoms with Crippen LogP contribution in [0, 0.1) is 12.3 Å². The summed E-state index contributed by atoms with van der Waals surface area (Å²) in [6, 6.07) is 16.8. The van der Waals surface area contributed by atoms with Crippen LogP contribution in [-0.4, -0.2) is 30.1 Å². The Labute approximate surface area is 171 Å². The third-order valence-corrected chi connectivity index (χ3v) is 7.67. The molecule has 3 rings (SSSR count). The summed E-state index contributed by atoms with van der Waals surface area (Å²) in [5, 5.41) is 0. The maximum absolute atomic E-state index is 13.4. The Balaban J connectivity index is 1.99. The Hall–Kier alpha value is -1.43. The molecule has 2 aromatic rings. The molecular weight excluding hydrogens is 422 g/mol. The molecule has 0 spiro atoms. The molecule has 1 aliphatic heterocycles. The van der Waals surface area contributed by atoms with Gasteiger partial charge in [-0.2, -0.15) is 4.31 Å². The Kier molecular flexibility index (Phi) is 5.94. The van der Waals surface area contributed by atoms with Crippen molar-refractivity contribution in [2.24, 2.45) is 5.41 Å². The minimum atomic E-state index is -3.58. The number of alkyl halides is 1. The molecule has 0 N–H and O–H groups in total. The Morgan fingerprint density at radius 3 is 2.33 bits per heavy atom. The van der Waals surface area contributed by atoms with Gasteiger partial charge in [-0.3, -0.25) is 0 Å². The molecule has 0 aliphatic carbocycles. The molecule has 3 nitrogen and oxygen atoms in total. The van der Waals surface area contributed by atoms with Gasteiger partial charge in [-0.15, -0.1) is 0 Å². The van der Waals surface area contributed by atoms with Crippen molar-refractivity contribution < 1.29 is 8.42 Å². The van der Waals surface area contributed by atoms with E-state index in [-0.39, 0.29) is 16.3 Å². The van der Waals surface area contributed by atoms with Crippen LogP contribution in [0.4, 0.5) is 0 Å². The number of hydrogen-bond donors (Lipinski definition) is 0. The van der Waals surface area contributed by atoms with Crippen LogP contribution in [0.3, 0.4) is 0 Å². The minimum Gasteiger partial charge on any atom is -0.207 e. The summed E-state index contributed by atoms with van der Waals surface area (Å²) >= 11 is 3.76. The number of rotatable bonds is 4. The summed E-state index contributed by atoms with van der Waals surface area (Å²) in [6.07, 6.45) is 4.93. The first-order chi connectivity index (χ1) is 12.7. The van der Waals surface area contributed by atoms with Gasteiger partial charge in [0, 0.05) is 11.4 Å². The normalized spacial score (nSPS) is 23.6. The van der Waals surface area contributed by atoms with E-state index in [9.17, 15) is 8.42 Å². The summed E-state index contributed by atoms with van der Waals surface area (Å²) in [6.45, 7) is 6.70. The summed E-state index contributed by atoms with van der Waals surface area (Å²) in [4.78, 5) is 0.407. The lowest BCUT2D eigenvalue weighted by molar-refractivity contribution is 0.164. The molecule has 1 fully saturated rings. The first kappa shape index (κ1) is 20.3. The average molecular weight is 448 g/mol. The molecular formula is C22H26BrNO2S. The highest BCUT2D eigenvalue weighted by Gasteiger charge is 2.43. The van der Waals surface area contributed by atoms with Gasteiger partial charge < -0.3 is 0 Å². The topological polar surface area (TPSA) is 37.4 Å². The highest BCUT2D eigenvalue weighted by atomic mass is 79.9. The molecule has 0 aromatic heterocycles. The second-order valence-corrected chi connectivity index (χ2v) is 11.1. The fourth-order valence-corrected chi connectivity index (χ4v) is 6.80. The van der Waals surface area contributed by atoms with E-state index in [1.54, 1.807) is 16.4 Å². The van der Waals surface area contributed by atoms with Crippen molar-refractivity contribution in [1.29, 1.82) is 0 Å². The lowest BCUT2D eigenvalue weighted by Crippen LogP contribution is -2.53. The molecule has 2 aromatic carbocycles. The number of nitrogens with zero attached hydrogens (tertiary/aromatic N) is 1. The molecule has 1 heterocycles. The van der Waals surface area contributed by atoms with Gasteiger partial charge in [-0.1, -0.05) is 90.0 Å². The average Bonchev–Trinajstić information content (AvgIpc) is 2.61. The monoisotopic (exact) mass is 447 g/mol. The summed E-state index contributed by atoms with van der Waals surface area (Å²) in [7, 11) is -3.58. The minimum absolute atomic E-state index is 0.0569. The molecule has 2 atom stereocenters. The van der Waals surface area contributed by atoms with Gasteiger partial charge in [0.1, 0.15) is 0 Å². The maximum atomic E-state index is 13.4.